The minimum absolute atomic E-state index is 0.567. The lowest BCUT2D eigenvalue weighted by atomic mass is 10.0. The number of rotatable bonds is 4. The normalized spacial score (nSPS) is 16.1. The van der Waals surface area contributed by atoms with E-state index < -0.39 is 0 Å². The molecule has 0 unspecified atom stereocenters. The molecule has 1 aliphatic rings. The van der Waals surface area contributed by atoms with Gasteiger partial charge in [0.1, 0.15) is 0 Å². The van der Waals surface area contributed by atoms with Crippen molar-refractivity contribution in [3.63, 3.8) is 0 Å². The summed E-state index contributed by atoms with van der Waals surface area (Å²) in [6, 6.07) is 0. The first-order chi connectivity index (χ1) is 8.81. The highest BCUT2D eigenvalue weighted by atomic mass is 15.3. The average Bonchev–Trinajstić information content (AvgIpc) is 2.46. The summed E-state index contributed by atoms with van der Waals surface area (Å²) in [5.41, 5.74) is 9.60. The summed E-state index contributed by atoms with van der Waals surface area (Å²) < 4.78 is 0. The Morgan fingerprint density at radius 2 is 1.72 bits per heavy atom. The predicted octanol–water partition coefficient (Wildman–Crippen LogP) is 2.05. The number of hydrogen-bond acceptors (Lipinski definition) is 4. The monoisotopic (exact) mass is 248 g/mol. The molecule has 0 atom stereocenters. The summed E-state index contributed by atoms with van der Waals surface area (Å²) in [4.78, 5) is 2.36. The molecule has 0 saturated carbocycles. The van der Waals surface area contributed by atoms with Crippen LogP contribution in [-0.2, 0) is 19.4 Å². The van der Waals surface area contributed by atoms with E-state index in [0.29, 0.717) is 6.54 Å². The van der Waals surface area contributed by atoms with Gasteiger partial charge in [0.05, 0.1) is 5.69 Å². The first-order valence-corrected chi connectivity index (χ1v) is 7.14. The smallest absolute Gasteiger partial charge is 0.156 e. The van der Waals surface area contributed by atoms with Gasteiger partial charge in [-0.3, -0.25) is 0 Å². The molecular weight excluding hydrogens is 224 g/mol. The van der Waals surface area contributed by atoms with E-state index in [-0.39, 0.29) is 0 Å². The molecule has 2 N–H and O–H groups in total. The van der Waals surface area contributed by atoms with E-state index in [1.165, 1.54) is 30.4 Å². The van der Waals surface area contributed by atoms with Crippen LogP contribution >= 0.6 is 0 Å². The highest BCUT2D eigenvalue weighted by Gasteiger charge is 2.19. The van der Waals surface area contributed by atoms with Crippen LogP contribution in [-0.4, -0.2) is 23.3 Å². The highest BCUT2D eigenvalue weighted by Crippen LogP contribution is 2.25. The summed E-state index contributed by atoms with van der Waals surface area (Å²) in [6.45, 7) is 7.06. The zero-order valence-corrected chi connectivity index (χ0v) is 11.6. The lowest BCUT2D eigenvalue weighted by molar-refractivity contribution is 0.567. The van der Waals surface area contributed by atoms with Crippen molar-refractivity contribution < 1.29 is 0 Å². The Morgan fingerprint density at radius 1 is 1.00 bits per heavy atom. The SMILES string of the molecule is CCc1nnc(N2CCCCC2)c(CN)c1CC. The van der Waals surface area contributed by atoms with Crippen molar-refractivity contribution in [1.82, 2.24) is 10.2 Å². The molecule has 1 aromatic heterocycles. The quantitative estimate of drug-likeness (QED) is 0.886. The third kappa shape index (κ3) is 2.48. The Balaban J connectivity index is 2.40. The van der Waals surface area contributed by atoms with Crippen LogP contribution in [0, 0.1) is 0 Å². The van der Waals surface area contributed by atoms with E-state index in [1.807, 2.05) is 0 Å². The van der Waals surface area contributed by atoms with Crippen LogP contribution in [0.3, 0.4) is 0 Å². The molecule has 1 fully saturated rings. The van der Waals surface area contributed by atoms with Gasteiger partial charge in [-0.25, -0.2) is 0 Å². The zero-order chi connectivity index (χ0) is 13.0. The minimum atomic E-state index is 0.567. The van der Waals surface area contributed by atoms with E-state index in [2.05, 4.69) is 28.9 Å². The minimum Gasteiger partial charge on any atom is -0.355 e. The summed E-state index contributed by atoms with van der Waals surface area (Å²) in [5, 5.41) is 8.85. The first-order valence-electron chi connectivity index (χ1n) is 7.14. The average molecular weight is 248 g/mol. The highest BCUT2D eigenvalue weighted by molar-refractivity contribution is 5.51. The molecule has 4 nitrogen and oxygen atoms in total. The molecule has 0 spiro atoms. The molecule has 0 aliphatic carbocycles. The molecule has 0 aromatic carbocycles. The van der Waals surface area contributed by atoms with Gasteiger partial charge in [0.25, 0.3) is 0 Å². The van der Waals surface area contributed by atoms with Gasteiger partial charge in [-0.2, -0.15) is 5.10 Å². The van der Waals surface area contributed by atoms with Gasteiger partial charge in [0, 0.05) is 25.2 Å². The molecule has 4 heteroatoms. The number of piperidine rings is 1. The Labute approximate surface area is 110 Å². The fourth-order valence-electron chi connectivity index (χ4n) is 2.81. The van der Waals surface area contributed by atoms with E-state index in [0.717, 1.165) is 37.4 Å². The molecule has 1 aromatic rings. The van der Waals surface area contributed by atoms with Crippen molar-refractivity contribution in [2.24, 2.45) is 5.73 Å². The van der Waals surface area contributed by atoms with Crippen molar-refractivity contribution in [2.45, 2.75) is 52.5 Å². The van der Waals surface area contributed by atoms with Gasteiger partial charge in [0.15, 0.2) is 5.82 Å². The summed E-state index contributed by atoms with van der Waals surface area (Å²) in [7, 11) is 0. The van der Waals surface area contributed by atoms with Crippen molar-refractivity contribution in [2.75, 3.05) is 18.0 Å². The Kier molecular flexibility index (Phi) is 4.53. The van der Waals surface area contributed by atoms with Crippen LogP contribution in [0.5, 0.6) is 0 Å². The molecule has 2 rings (SSSR count). The molecular formula is C14H24N4. The van der Waals surface area contributed by atoms with Crippen LogP contribution < -0.4 is 10.6 Å². The summed E-state index contributed by atoms with van der Waals surface area (Å²) in [5.74, 6) is 1.03. The predicted molar refractivity (Wildman–Crippen MR) is 74.7 cm³/mol. The fraction of sp³-hybridized carbons (Fsp3) is 0.714. The summed E-state index contributed by atoms with van der Waals surface area (Å²) in [6.07, 6.45) is 5.76. The van der Waals surface area contributed by atoms with Gasteiger partial charge in [0.2, 0.25) is 0 Å². The van der Waals surface area contributed by atoms with Crippen molar-refractivity contribution in [1.29, 1.82) is 0 Å². The third-order valence-electron chi connectivity index (χ3n) is 3.80. The number of hydrogen-bond donors (Lipinski definition) is 1. The second-order valence-corrected chi connectivity index (χ2v) is 4.89. The lowest BCUT2D eigenvalue weighted by Crippen LogP contribution is -2.32. The lowest BCUT2D eigenvalue weighted by Gasteiger charge is -2.30. The molecule has 0 bridgehead atoms. The molecule has 1 aliphatic heterocycles. The van der Waals surface area contributed by atoms with E-state index in [1.54, 1.807) is 0 Å². The van der Waals surface area contributed by atoms with Gasteiger partial charge in [-0.15, -0.1) is 5.10 Å². The Bertz CT molecular complexity index is 397. The Hall–Kier alpha value is -1.16. The van der Waals surface area contributed by atoms with Crippen LogP contribution in [0.2, 0.25) is 0 Å². The van der Waals surface area contributed by atoms with E-state index in [9.17, 15) is 0 Å². The number of nitrogens with two attached hydrogens (primary N) is 1. The molecule has 0 radical (unpaired) electrons. The van der Waals surface area contributed by atoms with Gasteiger partial charge in [-0.05, 0) is 37.7 Å². The van der Waals surface area contributed by atoms with Crippen LogP contribution in [0.15, 0.2) is 0 Å². The topological polar surface area (TPSA) is 55.0 Å². The van der Waals surface area contributed by atoms with Crippen LogP contribution in [0.25, 0.3) is 0 Å². The van der Waals surface area contributed by atoms with Gasteiger partial charge >= 0.3 is 0 Å². The fourth-order valence-corrected chi connectivity index (χ4v) is 2.81. The third-order valence-corrected chi connectivity index (χ3v) is 3.80. The zero-order valence-electron chi connectivity index (χ0n) is 11.6. The van der Waals surface area contributed by atoms with Crippen molar-refractivity contribution >= 4 is 5.82 Å². The van der Waals surface area contributed by atoms with Gasteiger partial charge in [-0.1, -0.05) is 13.8 Å². The molecule has 100 valence electrons. The van der Waals surface area contributed by atoms with Crippen LogP contribution in [0.4, 0.5) is 5.82 Å². The number of aromatic nitrogens is 2. The maximum absolute atomic E-state index is 5.96. The molecule has 0 amide bonds. The van der Waals surface area contributed by atoms with E-state index >= 15 is 0 Å². The maximum Gasteiger partial charge on any atom is 0.156 e. The second kappa shape index (κ2) is 6.14. The van der Waals surface area contributed by atoms with Crippen LogP contribution in [0.1, 0.15) is 49.9 Å². The largest absolute Gasteiger partial charge is 0.355 e. The van der Waals surface area contributed by atoms with Crippen molar-refractivity contribution in [3.05, 3.63) is 16.8 Å². The molecule has 1 saturated heterocycles. The summed E-state index contributed by atoms with van der Waals surface area (Å²) >= 11 is 0. The van der Waals surface area contributed by atoms with E-state index in [4.69, 9.17) is 5.73 Å². The number of aryl methyl sites for hydroxylation is 1. The molecule has 2 heterocycles. The molecule has 18 heavy (non-hydrogen) atoms. The Morgan fingerprint density at radius 3 is 2.28 bits per heavy atom. The number of nitrogens with zero attached hydrogens (tertiary/aromatic N) is 3. The number of anilines is 1. The second-order valence-electron chi connectivity index (χ2n) is 4.89. The standard InChI is InChI=1S/C14H24N4/c1-3-11-12(10-15)14(17-16-13(11)4-2)18-8-6-5-7-9-18/h3-10,15H2,1-2H3. The van der Waals surface area contributed by atoms with Crippen molar-refractivity contribution in [3.8, 4) is 0 Å². The van der Waals surface area contributed by atoms with Gasteiger partial charge < -0.3 is 10.6 Å². The first kappa shape index (κ1) is 13.3. The maximum atomic E-state index is 5.96.